The Balaban J connectivity index is 1.08. The number of epoxide rings is 1. The minimum atomic E-state index is -1.29. The topological polar surface area (TPSA) is 162 Å². The molecule has 0 bridgehead atoms. The van der Waals surface area contributed by atoms with Crippen LogP contribution in [0.3, 0.4) is 0 Å². The third-order valence-electron chi connectivity index (χ3n) is 18.7. The van der Waals surface area contributed by atoms with Crippen LogP contribution in [-0.2, 0) is 14.3 Å². The quantitative estimate of drug-likeness (QED) is 0.207. The first-order valence-corrected chi connectivity index (χ1v) is 21.4. The molecule has 0 spiro atoms. The van der Waals surface area contributed by atoms with Gasteiger partial charge in [0.2, 0.25) is 0 Å². The number of carbonyl (C=O) groups excluding carboxylic acids is 1. The summed E-state index contributed by atoms with van der Waals surface area (Å²) in [5.41, 5.74) is 3.74. The summed E-state index contributed by atoms with van der Waals surface area (Å²) >= 11 is 0. The van der Waals surface area contributed by atoms with E-state index in [1.165, 1.54) is 0 Å². The van der Waals surface area contributed by atoms with Crippen molar-refractivity contribution in [2.45, 2.75) is 166 Å². The van der Waals surface area contributed by atoms with Crippen molar-refractivity contribution in [2.24, 2.45) is 69.3 Å². The van der Waals surface area contributed by atoms with E-state index in [0.29, 0.717) is 43.1 Å². The van der Waals surface area contributed by atoms with Crippen LogP contribution in [0.25, 0.3) is 0 Å². The lowest BCUT2D eigenvalue weighted by Gasteiger charge is -2.69. The van der Waals surface area contributed by atoms with Gasteiger partial charge in [0, 0.05) is 29.8 Å². The number of ketones is 1. The van der Waals surface area contributed by atoms with Gasteiger partial charge in [-0.3, -0.25) is 10.5 Å². The van der Waals surface area contributed by atoms with E-state index in [2.05, 4.69) is 26.1 Å². The number of allylic oxidation sites excluding steroid dienone is 1. The molecule has 2 unspecified atom stereocenters. The molecule has 7 fully saturated rings. The molecule has 0 aromatic heterocycles. The SMILES string of the molecule is C[C@@H]1CCO[C@@]([C@@H]2O[C@@H]2[C@](C)(O)[C@](C)(CO)CCC2CC[NH2+]C(N)C2)([C@@H]2C[C@H]3CCC4=C5[C@@H]6[C@@H](CC[C@@H]7C[C@H](O)C[C@@H](C4=O)[C@@]76C)C[C@@]2(C)[C@]53O)C1. The van der Waals surface area contributed by atoms with E-state index in [1.54, 1.807) is 0 Å². The molecule has 8 N–H and O–H groups in total. The van der Waals surface area contributed by atoms with Crippen LogP contribution in [0.1, 0.15) is 125 Å². The summed E-state index contributed by atoms with van der Waals surface area (Å²) < 4.78 is 13.9. The molecular formula is C43H69N2O7+. The Morgan fingerprint density at radius 3 is 2.54 bits per heavy atom. The summed E-state index contributed by atoms with van der Waals surface area (Å²) in [4.78, 5) is 14.6. The lowest BCUT2D eigenvalue weighted by atomic mass is 9.36. The van der Waals surface area contributed by atoms with E-state index in [4.69, 9.17) is 15.2 Å². The number of Topliss-reactive ketones (excluding diaryl/α,β-unsaturated/α-hetero) is 1. The molecule has 0 aromatic rings. The molecular weight excluding hydrogens is 656 g/mol. The second kappa shape index (κ2) is 12.0. The molecule has 3 aliphatic heterocycles. The van der Waals surface area contributed by atoms with Gasteiger partial charge in [-0.1, -0.05) is 27.7 Å². The fourth-order valence-corrected chi connectivity index (χ4v) is 15.6. The van der Waals surface area contributed by atoms with Gasteiger partial charge in [0.1, 0.15) is 24.0 Å². The fourth-order valence-electron chi connectivity index (χ4n) is 15.6. The van der Waals surface area contributed by atoms with Gasteiger partial charge in [-0.2, -0.15) is 0 Å². The van der Waals surface area contributed by atoms with Crippen molar-refractivity contribution in [1.82, 2.24) is 0 Å². The Morgan fingerprint density at radius 1 is 1.02 bits per heavy atom. The second-order valence-corrected chi connectivity index (χ2v) is 21.1. The lowest BCUT2D eigenvalue weighted by Crippen LogP contribution is -2.94. The first-order chi connectivity index (χ1) is 24.5. The maximum atomic E-state index is 14.6. The molecule has 6 aliphatic carbocycles. The molecule has 9 rings (SSSR count). The molecule has 292 valence electrons. The van der Waals surface area contributed by atoms with Crippen molar-refractivity contribution < 1.29 is 40.0 Å². The highest BCUT2D eigenvalue weighted by Crippen LogP contribution is 2.78. The van der Waals surface area contributed by atoms with Crippen LogP contribution in [0.2, 0.25) is 0 Å². The first-order valence-electron chi connectivity index (χ1n) is 21.4. The third-order valence-corrected chi connectivity index (χ3v) is 18.7. The zero-order valence-corrected chi connectivity index (χ0v) is 32.6. The van der Waals surface area contributed by atoms with E-state index >= 15 is 0 Å². The molecule has 0 radical (unpaired) electrons. The molecule has 52 heavy (non-hydrogen) atoms. The van der Waals surface area contributed by atoms with Crippen molar-refractivity contribution in [1.29, 1.82) is 0 Å². The fraction of sp³-hybridized carbons (Fsp3) is 0.930. The van der Waals surface area contributed by atoms with Gasteiger partial charge in [-0.05, 0) is 148 Å². The van der Waals surface area contributed by atoms with Crippen molar-refractivity contribution in [3.05, 3.63) is 11.1 Å². The number of ether oxygens (including phenoxy) is 2. The molecule has 0 aromatic carbocycles. The Bertz CT molecular complexity index is 1500. The summed E-state index contributed by atoms with van der Waals surface area (Å²) in [5, 5.41) is 50.4. The average Bonchev–Trinajstić information content (AvgIpc) is 3.88. The smallest absolute Gasteiger partial charge is 0.162 e. The highest BCUT2D eigenvalue weighted by atomic mass is 16.6. The monoisotopic (exact) mass is 726 g/mol. The minimum Gasteiger partial charge on any atom is -0.396 e. The van der Waals surface area contributed by atoms with Crippen LogP contribution in [0.5, 0.6) is 0 Å². The van der Waals surface area contributed by atoms with Gasteiger partial charge < -0.3 is 35.2 Å². The third kappa shape index (κ3) is 4.72. The van der Waals surface area contributed by atoms with Gasteiger partial charge >= 0.3 is 0 Å². The summed E-state index contributed by atoms with van der Waals surface area (Å²) in [6, 6.07) is 0. The second-order valence-electron chi connectivity index (χ2n) is 21.1. The molecule has 9 heteroatoms. The Hall–Kier alpha value is -0.910. The molecule has 18 atom stereocenters. The van der Waals surface area contributed by atoms with Crippen LogP contribution in [-0.4, -0.2) is 87.2 Å². The van der Waals surface area contributed by atoms with E-state index in [-0.39, 0.29) is 53.7 Å². The Labute approximate surface area is 311 Å². The van der Waals surface area contributed by atoms with Crippen molar-refractivity contribution in [3.8, 4) is 0 Å². The maximum absolute atomic E-state index is 14.6. The van der Waals surface area contributed by atoms with Gasteiger partial charge in [-0.15, -0.1) is 0 Å². The molecule has 3 saturated heterocycles. The van der Waals surface area contributed by atoms with Gasteiger partial charge in [-0.25, -0.2) is 0 Å². The van der Waals surface area contributed by atoms with Gasteiger partial charge in [0.05, 0.1) is 30.5 Å². The van der Waals surface area contributed by atoms with E-state index in [1.807, 2.05) is 13.8 Å². The van der Waals surface area contributed by atoms with Crippen LogP contribution in [0.4, 0.5) is 0 Å². The number of rotatable bonds is 8. The number of hydrogen-bond donors (Lipinski definition) is 6. The van der Waals surface area contributed by atoms with Gasteiger partial charge in [0.25, 0.3) is 0 Å². The number of hydrogen-bond acceptors (Lipinski definition) is 8. The number of carbonyl (C=O) groups is 1. The Kier molecular flexibility index (Phi) is 8.51. The van der Waals surface area contributed by atoms with Crippen LogP contribution >= 0.6 is 0 Å². The maximum Gasteiger partial charge on any atom is 0.162 e. The predicted octanol–water partition coefficient (Wildman–Crippen LogP) is 3.60. The molecule has 9 aliphatic rings. The highest BCUT2D eigenvalue weighted by Gasteiger charge is 2.79. The van der Waals surface area contributed by atoms with Crippen molar-refractivity contribution in [2.75, 3.05) is 19.8 Å². The molecule has 3 heterocycles. The molecule has 4 saturated carbocycles. The number of quaternary nitrogens is 1. The van der Waals surface area contributed by atoms with E-state index < -0.39 is 39.8 Å². The number of piperidine rings is 1. The predicted molar refractivity (Wildman–Crippen MR) is 195 cm³/mol. The normalized spacial score (nSPS) is 54.6. The van der Waals surface area contributed by atoms with Crippen molar-refractivity contribution in [3.63, 3.8) is 0 Å². The first kappa shape index (κ1) is 36.7. The Morgan fingerprint density at radius 2 is 1.81 bits per heavy atom. The van der Waals surface area contributed by atoms with Crippen molar-refractivity contribution >= 4 is 5.78 Å². The lowest BCUT2D eigenvalue weighted by molar-refractivity contribution is -0.699. The minimum absolute atomic E-state index is 0.00300. The van der Waals surface area contributed by atoms with E-state index in [0.717, 1.165) is 94.7 Å². The summed E-state index contributed by atoms with van der Waals surface area (Å²) in [6.45, 7) is 12.4. The summed E-state index contributed by atoms with van der Waals surface area (Å²) in [5.74, 6) is 1.87. The summed E-state index contributed by atoms with van der Waals surface area (Å²) in [6.07, 6.45) is 11.0. The number of aliphatic hydroxyl groups excluding tert-OH is 2. The summed E-state index contributed by atoms with van der Waals surface area (Å²) in [7, 11) is 0. The zero-order chi connectivity index (χ0) is 36.8. The largest absolute Gasteiger partial charge is 0.396 e. The molecule has 0 amide bonds. The standard InChI is InChI=1S/C43H68N2O7/c1-23-12-15-51-42(20-23,37-36(52-37)41(5,49)38(2,22-46)13-10-24-11-14-45-32(44)16-24)31-18-27-8-9-29-34-33-25(21-39(31,3)43(27,34)50)6-7-26-17-28(47)19-30(35(29)48)40(26,33)4/h23-28,30-33,36-37,45-47,49-50H,6-22,44H2,1-5H3/p+1/t23-,24?,25+,26-,27-,28+,30+,31-,32?,33+,36+,37-,38+,39-,40-,41+,42-,43-/m1/s1. The van der Waals surface area contributed by atoms with Crippen LogP contribution < -0.4 is 11.1 Å². The van der Waals surface area contributed by atoms with E-state index in [9.17, 15) is 25.2 Å². The average molecular weight is 726 g/mol. The number of aliphatic hydroxyl groups is 4. The van der Waals surface area contributed by atoms with Gasteiger partial charge in [0.15, 0.2) is 5.78 Å². The highest BCUT2D eigenvalue weighted by molar-refractivity contribution is 6.00. The van der Waals surface area contributed by atoms with Crippen LogP contribution in [0.15, 0.2) is 11.1 Å². The van der Waals surface area contributed by atoms with Crippen LogP contribution in [0, 0.1) is 63.6 Å². The molecule has 9 nitrogen and oxygen atoms in total. The zero-order valence-electron chi connectivity index (χ0n) is 32.6. The number of nitrogens with two attached hydrogens (primary N) is 2.